The monoisotopic (exact) mass is 370 g/mol. The normalized spacial score (nSPS) is 12.6. The molecule has 0 fully saturated rings. The Labute approximate surface area is 134 Å². The summed E-state index contributed by atoms with van der Waals surface area (Å²) in [7, 11) is -4.08. The van der Waals surface area contributed by atoms with Gasteiger partial charge >= 0.3 is 6.18 Å². The molecule has 4 nitrogen and oxygen atoms in total. The van der Waals surface area contributed by atoms with Gasteiger partial charge in [-0.15, -0.1) is 11.3 Å². The quantitative estimate of drug-likeness (QED) is 0.894. The third-order valence-corrected chi connectivity index (χ3v) is 5.30. The molecule has 10 heteroatoms. The average Bonchev–Trinajstić information content (AvgIpc) is 2.81. The Morgan fingerprint density at radius 2 is 2.05 bits per heavy atom. The number of halogens is 4. The molecule has 0 aliphatic carbocycles. The number of aryl methyl sites for hydroxylation is 1. The molecule has 120 valence electrons. The summed E-state index contributed by atoms with van der Waals surface area (Å²) in [6.07, 6.45) is -3.22. The topological polar surface area (TPSA) is 59.1 Å². The summed E-state index contributed by atoms with van der Waals surface area (Å²) in [6.45, 7) is 1.72. The van der Waals surface area contributed by atoms with Crippen LogP contribution in [0, 0.1) is 6.92 Å². The van der Waals surface area contributed by atoms with Crippen LogP contribution in [0.1, 0.15) is 15.4 Å². The molecule has 0 unspecified atom stereocenters. The molecule has 0 aliphatic rings. The first-order valence-corrected chi connectivity index (χ1v) is 8.55. The summed E-state index contributed by atoms with van der Waals surface area (Å²) in [4.78, 5) is 4.13. The summed E-state index contributed by atoms with van der Waals surface area (Å²) in [6, 6.07) is 2.45. The molecule has 1 N–H and O–H groups in total. The summed E-state index contributed by atoms with van der Waals surface area (Å²) in [5.41, 5.74) is -1.19. The highest BCUT2D eigenvalue weighted by molar-refractivity contribution is 7.89. The van der Waals surface area contributed by atoms with Gasteiger partial charge in [-0.25, -0.2) is 18.1 Å². The molecule has 2 aromatic rings. The van der Waals surface area contributed by atoms with E-state index in [0.717, 1.165) is 17.1 Å². The Bertz CT molecular complexity index is 788. The number of thiazole rings is 1. The lowest BCUT2D eigenvalue weighted by atomic mass is 10.2. The second-order valence-electron chi connectivity index (χ2n) is 4.31. The highest BCUT2D eigenvalue weighted by Gasteiger charge is 2.34. The molecule has 0 saturated carbocycles. The van der Waals surface area contributed by atoms with E-state index in [0.29, 0.717) is 10.9 Å². The Hall–Kier alpha value is -1.16. The highest BCUT2D eigenvalue weighted by atomic mass is 35.5. The van der Waals surface area contributed by atoms with Crippen molar-refractivity contribution in [2.75, 3.05) is 0 Å². The highest BCUT2D eigenvalue weighted by Crippen LogP contribution is 2.35. The van der Waals surface area contributed by atoms with Crippen LogP contribution < -0.4 is 4.72 Å². The number of rotatable bonds is 4. The van der Waals surface area contributed by atoms with Crippen molar-refractivity contribution in [3.63, 3.8) is 0 Å². The van der Waals surface area contributed by atoms with Gasteiger partial charge in [0.1, 0.15) is 0 Å². The van der Waals surface area contributed by atoms with E-state index in [1.165, 1.54) is 17.5 Å². The molecule has 1 heterocycles. The van der Waals surface area contributed by atoms with Crippen molar-refractivity contribution in [1.82, 2.24) is 9.71 Å². The van der Waals surface area contributed by atoms with Crippen LogP contribution in [0.3, 0.4) is 0 Å². The largest absolute Gasteiger partial charge is 0.417 e. The molecule has 2 rings (SSSR count). The van der Waals surface area contributed by atoms with E-state index >= 15 is 0 Å². The lowest BCUT2D eigenvalue weighted by Gasteiger charge is -2.11. The SMILES string of the molecule is Cc1ncc(CNS(=O)(=O)c2ccc(Cl)c(C(F)(F)F)c2)s1. The van der Waals surface area contributed by atoms with Gasteiger partial charge in [0.15, 0.2) is 0 Å². The van der Waals surface area contributed by atoms with Gasteiger partial charge in [0.25, 0.3) is 0 Å². The summed E-state index contributed by atoms with van der Waals surface area (Å²) in [5, 5.41) is 0.213. The van der Waals surface area contributed by atoms with Crippen LogP contribution in [0.25, 0.3) is 0 Å². The van der Waals surface area contributed by atoms with E-state index in [1.54, 1.807) is 6.92 Å². The first kappa shape index (κ1) is 17.2. The van der Waals surface area contributed by atoms with Crippen molar-refractivity contribution >= 4 is 33.0 Å². The summed E-state index contributed by atoms with van der Waals surface area (Å²) >= 11 is 6.76. The van der Waals surface area contributed by atoms with Gasteiger partial charge in [-0.05, 0) is 25.1 Å². The first-order chi connectivity index (χ1) is 10.1. The van der Waals surface area contributed by atoms with E-state index < -0.39 is 31.7 Å². The first-order valence-electron chi connectivity index (χ1n) is 5.87. The smallest absolute Gasteiger partial charge is 0.250 e. The van der Waals surface area contributed by atoms with Crippen molar-refractivity contribution in [3.8, 4) is 0 Å². The van der Waals surface area contributed by atoms with E-state index in [4.69, 9.17) is 11.6 Å². The maximum atomic E-state index is 12.8. The summed E-state index contributed by atoms with van der Waals surface area (Å²) < 4.78 is 64.7. The van der Waals surface area contributed by atoms with E-state index in [1.807, 2.05) is 0 Å². The fraction of sp³-hybridized carbons (Fsp3) is 0.250. The molecule has 1 aromatic heterocycles. The van der Waals surface area contributed by atoms with Crippen LogP contribution in [0.4, 0.5) is 13.2 Å². The average molecular weight is 371 g/mol. The second-order valence-corrected chi connectivity index (χ2v) is 7.80. The zero-order valence-electron chi connectivity index (χ0n) is 11.1. The van der Waals surface area contributed by atoms with Gasteiger partial charge in [0.2, 0.25) is 10.0 Å². The van der Waals surface area contributed by atoms with Gasteiger partial charge in [0.05, 0.1) is 20.5 Å². The maximum Gasteiger partial charge on any atom is 0.417 e. The predicted molar refractivity (Wildman–Crippen MR) is 77.3 cm³/mol. The zero-order valence-corrected chi connectivity index (χ0v) is 13.5. The second kappa shape index (κ2) is 6.15. The molecule has 0 spiro atoms. The van der Waals surface area contributed by atoms with Gasteiger partial charge in [-0.2, -0.15) is 13.2 Å². The third-order valence-electron chi connectivity index (χ3n) is 2.66. The number of hydrogen-bond donors (Lipinski definition) is 1. The maximum absolute atomic E-state index is 12.8. The molecule has 0 aliphatic heterocycles. The Morgan fingerprint density at radius 3 is 2.59 bits per heavy atom. The van der Waals surface area contributed by atoms with Crippen molar-refractivity contribution in [2.24, 2.45) is 0 Å². The van der Waals surface area contributed by atoms with E-state index in [-0.39, 0.29) is 6.54 Å². The Balaban J connectivity index is 2.26. The molecular formula is C12H10ClF3N2O2S2. The lowest BCUT2D eigenvalue weighted by Crippen LogP contribution is -2.23. The fourth-order valence-corrected chi connectivity index (χ4v) is 3.71. The van der Waals surface area contributed by atoms with Crippen LogP contribution in [-0.4, -0.2) is 13.4 Å². The van der Waals surface area contributed by atoms with Gasteiger partial charge < -0.3 is 0 Å². The molecule has 1 aromatic carbocycles. The number of alkyl halides is 3. The van der Waals surface area contributed by atoms with Crippen molar-refractivity contribution < 1.29 is 21.6 Å². The van der Waals surface area contributed by atoms with Crippen LogP contribution in [-0.2, 0) is 22.7 Å². The number of nitrogens with one attached hydrogen (secondary N) is 1. The van der Waals surface area contributed by atoms with Crippen molar-refractivity contribution in [3.05, 3.63) is 44.9 Å². The lowest BCUT2D eigenvalue weighted by molar-refractivity contribution is -0.137. The number of sulfonamides is 1. The number of hydrogen-bond acceptors (Lipinski definition) is 4. The standard InChI is InChI=1S/C12H10ClF3N2O2S2/c1-7-17-5-8(21-7)6-18-22(19,20)9-2-3-11(13)10(4-9)12(14,15)16/h2-5,18H,6H2,1H3. The zero-order chi connectivity index (χ0) is 16.5. The third kappa shape index (κ3) is 3.97. The van der Waals surface area contributed by atoms with E-state index in [9.17, 15) is 21.6 Å². The molecule has 0 radical (unpaired) electrons. The van der Waals surface area contributed by atoms with Gasteiger partial charge in [-0.3, -0.25) is 0 Å². The number of nitrogens with zero attached hydrogens (tertiary/aromatic N) is 1. The molecule has 0 amide bonds. The number of aromatic nitrogens is 1. The van der Waals surface area contributed by atoms with Gasteiger partial charge in [0, 0.05) is 17.6 Å². The molecule has 0 atom stereocenters. The minimum Gasteiger partial charge on any atom is -0.250 e. The summed E-state index contributed by atoms with van der Waals surface area (Å²) in [5.74, 6) is 0. The molecule has 22 heavy (non-hydrogen) atoms. The van der Waals surface area contributed by atoms with Crippen molar-refractivity contribution in [1.29, 1.82) is 0 Å². The Morgan fingerprint density at radius 1 is 1.36 bits per heavy atom. The molecular weight excluding hydrogens is 361 g/mol. The minimum absolute atomic E-state index is 0.0438. The molecule has 0 saturated heterocycles. The van der Waals surface area contributed by atoms with Crippen LogP contribution in [0.2, 0.25) is 5.02 Å². The predicted octanol–water partition coefficient (Wildman–Crippen LogP) is 3.60. The minimum atomic E-state index is -4.72. The van der Waals surface area contributed by atoms with Crippen LogP contribution in [0.15, 0.2) is 29.3 Å². The van der Waals surface area contributed by atoms with Crippen LogP contribution in [0.5, 0.6) is 0 Å². The van der Waals surface area contributed by atoms with Crippen molar-refractivity contribution in [2.45, 2.75) is 24.5 Å². The van der Waals surface area contributed by atoms with Crippen LogP contribution >= 0.6 is 22.9 Å². The van der Waals surface area contributed by atoms with E-state index in [2.05, 4.69) is 9.71 Å². The fourth-order valence-electron chi connectivity index (χ4n) is 1.63. The number of benzene rings is 1. The Kier molecular flexibility index (Phi) is 4.81. The van der Waals surface area contributed by atoms with Gasteiger partial charge in [-0.1, -0.05) is 11.6 Å². The molecule has 0 bridgehead atoms.